The van der Waals surface area contributed by atoms with Crippen LogP contribution in [-0.4, -0.2) is 41.1 Å². The number of ether oxygens (including phenoxy) is 1. The number of sulfonamides is 1. The fraction of sp³-hybridized carbons (Fsp3) is 0.304. The van der Waals surface area contributed by atoms with E-state index in [-0.39, 0.29) is 34.6 Å². The van der Waals surface area contributed by atoms with E-state index >= 15 is 0 Å². The number of carbonyl (C=O) groups excluding carboxylic acids is 1. The second-order valence-electron chi connectivity index (χ2n) is 8.56. The van der Waals surface area contributed by atoms with E-state index in [1.165, 1.54) is 22.9 Å². The van der Waals surface area contributed by atoms with Crippen molar-refractivity contribution in [1.29, 1.82) is 0 Å². The Bertz CT molecular complexity index is 1420. The number of nitrogens with one attached hydrogen (secondary N) is 2. The highest BCUT2D eigenvalue weighted by Gasteiger charge is 2.28. The first-order valence-corrected chi connectivity index (χ1v) is 12.4. The largest absolute Gasteiger partial charge is 0.437 e. The lowest BCUT2D eigenvalue weighted by Crippen LogP contribution is -2.31. The summed E-state index contributed by atoms with van der Waals surface area (Å²) in [7, 11) is -4.24. The average Bonchev–Trinajstić information content (AvgIpc) is 3.08. The van der Waals surface area contributed by atoms with Crippen LogP contribution in [-0.2, 0) is 10.0 Å². The third kappa shape index (κ3) is 5.86. The Morgan fingerprint density at radius 2 is 1.83 bits per heavy atom. The van der Waals surface area contributed by atoms with E-state index in [1.807, 2.05) is 0 Å². The molecule has 0 radical (unpaired) electrons. The highest BCUT2D eigenvalue weighted by Crippen LogP contribution is 2.35. The minimum absolute atomic E-state index is 0.0189. The fourth-order valence-corrected chi connectivity index (χ4v) is 4.71. The number of amides is 1. The van der Waals surface area contributed by atoms with E-state index in [0.29, 0.717) is 0 Å². The first kappa shape index (κ1) is 26.8. The van der Waals surface area contributed by atoms with Gasteiger partial charge in [0, 0.05) is 29.8 Å². The molecule has 0 aliphatic carbocycles. The van der Waals surface area contributed by atoms with Gasteiger partial charge >= 0.3 is 0 Å². The van der Waals surface area contributed by atoms with Gasteiger partial charge in [0.25, 0.3) is 11.6 Å². The maximum Gasteiger partial charge on any atom is 0.272 e. The molecule has 36 heavy (non-hydrogen) atoms. The van der Waals surface area contributed by atoms with Gasteiger partial charge in [-0.05, 0) is 58.9 Å². The van der Waals surface area contributed by atoms with Crippen molar-refractivity contribution in [3.05, 3.63) is 69.7 Å². The zero-order valence-electron chi connectivity index (χ0n) is 20.3. The second kappa shape index (κ2) is 10.4. The maximum absolute atomic E-state index is 14.0. The smallest absolute Gasteiger partial charge is 0.272 e. The molecule has 1 aromatic heterocycles. The molecule has 1 heterocycles. The van der Waals surface area contributed by atoms with Crippen molar-refractivity contribution in [2.24, 2.45) is 0 Å². The van der Waals surface area contributed by atoms with E-state index in [4.69, 9.17) is 4.74 Å². The lowest BCUT2D eigenvalue weighted by atomic mass is 10.2. The molecular formula is C23H26FN5O6S. The first-order chi connectivity index (χ1) is 16.8. The van der Waals surface area contributed by atoms with Crippen molar-refractivity contribution < 1.29 is 27.3 Å². The number of nitrogens with zero attached hydrogens (tertiary/aromatic N) is 3. The second-order valence-corrected chi connectivity index (χ2v) is 10.2. The van der Waals surface area contributed by atoms with Gasteiger partial charge in [-0.15, -0.1) is 0 Å². The molecule has 0 fully saturated rings. The standard InChI is InChI=1S/C23H26FN5O6S/c1-13(2)25-22(30)21-15(5)23(28(26-21)17-8-6-7-16(24)11-17)35-19-10-9-18(29(31)32)12-20(19)36(33,34)27-14(3)4/h6-14,27H,1-5H3,(H,25,30). The predicted octanol–water partition coefficient (Wildman–Crippen LogP) is 3.85. The van der Waals surface area contributed by atoms with Crippen molar-refractivity contribution in [3.8, 4) is 17.3 Å². The van der Waals surface area contributed by atoms with E-state index in [9.17, 15) is 27.7 Å². The Morgan fingerprint density at radius 1 is 1.14 bits per heavy atom. The highest BCUT2D eigenvalue weighted by molar-refractivity contribution is 7.89. The SMILES string of the molecule is Cc1c(C(=O)NC(C)C)nn(-c2cccc(F)c2)c1Oc1ccc([N+](=O)[O-])cc1S(=O)(=O)NC(C)C. The molecule has 0 atom stereocenters. The predicted molar refractivity (Wildman–Crippen MR) is 129 cm³/mol. The van der Waals surface area contributed by atoms with Crippen LogP contribution in [0.3, 0.4) is 0 Å². The third-order valence-corrected chi connectivity index (χ3v) is 6.46. The van der Waals surface area contributed by atoms with Gasteiger partial charge in [0.2, 0.25) is 15.9 Å². The van der Waals surface area contributed by atoms with Crippen LogP contribution in [0.5, 0.6) is 11.6 Å². The molecule has 3 rings (SSSR count). The van der Waals surface area contributed by atoms with Gasteiger partial charge in [-0.2, -0.15) is 9.78 Å². The monoisotopic (exact) mass is 519 g/mol. The van der Waals surface area contributed by atoms with Crippen LogP contribution in [0.15, 0.2) is 47.4 Å². The maximum atomic E-state index is 14.0. The van der Waals surface area contributed by atoms with E-state index in [0.717, 1.165) is 24.3 Å². The van der Waals surface area contributed by atoms with E-state index in [1.54, 1.807) is 34.6 Å². The molecule has 0 aliphatic rings. The molecule has 2 aromatic carbocycles. The molecule has 1 amide bonds. The molecule has 0 unspecified atom stereocenters. The summed E-state index contributed by atoms with van der Waals surface area (Å²) in [5.74, 6) is -1.39. The lowest BCUT2D eigenvalue weighted by Gasteiger charge is -2.15. The van der Waals surface area contributed by atoms with Crippen LogP contribution in [0.2, 0.25) is 0 Å². The molecule has 2 N–H and O–H groups in total. The van der Waals surface area contributed by atoms with Crippen LogP contribution < -0.4 is 14.8 Å². The Kier molecular flexibility index (Phi) is 7.74. The minimum atomic E-state index is -4.24. The summed E-state index contributed by atoms with van der Waals surface area (Å²) < 4.78 is 49.5. The zero-order valence-corrected chi connectivity index (χ0v) is 21.1. The molecule has 192 valence electrons. The highest BCUT2D eigenvalue weighted by atomic mass is 32.2. The molecule has 0 aliphatic heterocycles. The number of carbonyl (C=O) groups is 1. The summed E-state index contributed by atoms with van der Waals surface area (Å²) in [5.41, 5.74) is -0.0207. The van der Waals surface area contributed by atoms with Crippen LogP contribution in [0.4, 0.5) is 10.1 Å². The molecule has 0 spiro atoms. The van der Waals surface area contributed by atoms with Gasteiger partial charge in [-0.1, -0.05) is 6.07 Å². The fourth-order valence-electron chi connectivity index (χ4n) is 3.31. The van der Waals surface area contributed by atoms with Crippen molar-refractivity contribution in [2.45, 2.75) is 51.6 Å². The summed E-state index contributed by atoms with van der Waals surface area (Å²) in [4.78, 5) is 22.9. The van der Waals surface area contributed by atoms with Gasteiger partial charge in [0.1, 0.15) is 16.5 Å². The van der Waals surface area contributed by atoms with Gasteiger partial charge in [0.05, 0.1) is 10.6 Å². The number of halogens is 1. The Labute approximate surface area is 207 Å². The topological polar surface area (TPSA) is 145 Å². The quantitative estimate of drug-likeness (QED) is 0.323. The van der Waals surface area contributed by atoms with Crippen molar-refractivity contribution in [1.82, 2.24) is 19.8 Å². The lowest BCUT2D eigenvalue weighted by molar-refractivity contribution is -0.385. The summed E-state index contributed by atoms with van der Waals surface area (Å²) in [5, 5.41) is 18.3. The molecular weight excluding hydrogens is 493 g/mol. The summed E-state index contributed by atoms with van der Waals surface area (Å²) in [6.07, 6.45) is 0. The molecule has 0 saturated heterocycles. The number of hydrogen-bond donors (Lipinski definition) is 2. The molecule has 13 heteroatoms. The van der Waals surface area contributed by atoms with Crippen LogP contribution >= 0.6 is 0 Å². The van der Waals surface area contributed by atoms with E-state index < -0.39 is 43.3 Å². The number of hydrogen-bond acceptors (Lipinski definition) is 7. The van der Waals surface area contributed by atoms with Crippen molar-refractivity contribution >= 4 is 21.6 Å². The van der Waals surface area contributed by atoms with Crippen LogP contribution in [0, 0.1) is 22.9 Å². The Hall–Kier alpha value is -3.84. The van der Waals surface area contributed by atoms with Gasteiger partial charge in [-0.25, -0.2) is 17.5 Å². The number of benzene rings is 2. The van der Waals surface area contributed by atoms with Crippen LogP contribution in [0.25, 0.3) is 5.69 Å². The van der Waals surface area contributed by atoms with E-state index in [2.05, 4.69) is 15.1 Å². The number of nitro groups is 1. The number of non-ortho nitro benzene ring substituents is 1. The molecule has 3 aromatic rings. The first-order valence-electron chi connectivity index (χ1n) is 10.9. The summed E-state index contributed by atoms with van der Waals surface area (Å²) in [6, 6.07) is 7.76. The number of rotatable bonds is 9. The van der Waals surface area contributed by atoms with Gasteiger partial charge in [0.15, 0.2) is 5.69 Å². The molecule has 11 nitrogen and oxygen atoms in total. The summed E-state index contributed by atoms with van der Waals surface area (Å²) >= 11 is 0. The van der Waals surface area contributed by atoms with Crippen molar-refractivity contribution in [2.75, 3.05) is 0 Å². The third-order valence-electron chi connectivity index (χ3n) is 4.78. The minimum Gasteiger partial charge on any atom is -0.437 e. The molecule has 0 saturated carbocycles. The molecule has 0 bridgehead atoms. The van der Waals surface area contributed by atoms with Gasteiger partial charge < -0.3 is 10.1 Å². The Morgan fingerprint density at radius 3 is 2.42 bits per heavy atom. The van der Waals surface area contributed by atoms with Gasteiger partial charge in [-0.3, -0.25) is 14.9 Å². The van der Waals surface area contributed by atoms with Crippen LogP contribution in [0.1, 0.15) is 43.7 Å². The number of aromatic nitrogens is 2. The average molecular weight is 520 g/mol. The van der Waals surface area contributed by atoms with Crippen molar-refractivity contribution in [3.63, 3.8) is 0 Å². The zero-order chi connectivity index (χ0) is 26.8. The number of nitro benzene ring substituents is 1. The normalized spacial score (nSPS) is 11.7. The summed E-state index contributed by atoms with van der Waals surface area (Å²) in [6.45, 7) is 8.27. The Balaban J connectivity index is 2.22.